The number of benzene rings is 1. The Kier molecular flexibility index (Phi) is 4.33. The number of hydrogen-bond acceptors (Lipinski definition) is 4. The van der Waals surface area contributed by atoms with E-state index < -0.39 is 10.0 Å². The molecule has 1 aliphatic rings. The van der Waals surface area contributed by atoms with Crippen molar-refractivity contribution in [1.82, 2.24) is 0 Å². The van der Waals surface area contributed by atoms with Crippen LogP contribution in [0, 0.1) is 13.8 Å². The van der Waals surface area contributed by atoms with Gasteiger partial charge in [-0.1, -0.05) is 0 Å². The highest BCUT2D eigenvalue weighted by molar-refractivity contribution is 7.89. The van der Waals surface area contributed by atoms with Crippen molar-refractivity contribution < 1.29 is 17.9 Å². The van der Waals surface area contributed by atoms with Gasteiger partial charge < -0.3 is 9.47 Å². The number of primary sulfonamides is 1. The van der Waals surface area contributed by atoms with E-state index in [9.17, 15) is 8.42 Å². The van der Waals surface area contributed by atoms with Crippen LogP contribution in [0.2, 0.25) is 0 Å². The molecular formula is C15H23NO4S. The summed E-state index contributed by atoms with van der Waals surface area (Å²) in [5.74, 6) is 0.674. The molecular weight excluding hydrogens is 290 g/mol. The van der Waals surface area contributed by atoms with Crippen LogP contribution in [0.5, 0.6) is 5.75 Å². The lowest BCUT2D eigenvalue weighted by Crippen LogP contribution is -2.24. The van der Waals surface area contributed by atoms with Gasteiger partial charge in [-0.15, -0.1) is 0 Å². The van der Waals surface area contributed by atoms with Crippen LogP contribution in [0.3, 0.4) is 0 Å². The van der Waals surface area contributed by atoms with Gasteiger partial charge in [-0.2, -0.15) is 0 Å². The molecule has 0 bridgehead atoms. The topological polar surface area (TPSA) is 78.6 Å². The van der Waals surface area contributed by atoms with Gasteiger partial charge in [0.1, 0.15) is 12.4 Å². The zero-order valence-corrected chi connectivity index (χ0v) is 13.8. The Morgan fingerprint density at radius 1 is 1.33 bits per heavy atom. The summed E-state index contributed by atoms with van der Waals surface area (Å²) < 4.78 is 34.6. The Balaban J connectivity index is 2.10. The molecule has 0 aliphatic carbocycles. The number of ether oxygens (including phenoxy) is 2. The Morgan fingerprint density at radius 2 is 2.00 bits per heavy atom. The maximum absolute atomic E-state index is 11.5. The first-order valence-corrected chi connectivity index (χ1v) is 8.58. The fourth-order valence-corrected chi connectivity index (χ4v) is 3.45. The van der Waals surface area contributed by atoms with E-state index in [4.69, 9.17) is 14.6 Å². The molecule has 0 radical (unpaired) electrons. The molecule has 0 saturated carbocycles. The van der Waals surface area contributed by atoms with Crippen LogP contribution in [-0.4, -0.2) is 26.7 Å². The van der Waals surface area contributed by atoms with Crippen molar-refractivity contribution in [2.24, 2.45) is 5.14 Å². The summed E-state index contributed by atoms with van der Waals surface area (Å²) in [6, 6.07) is 3.15. The van der Waals surface area contributed by atoms with Gasteiger partial charge in [0.15, 0.2) is 0 Å². The van der Waals surface area contributed by atoms with Gasteiger partial charge in [0.25, 0.3) is 0 Å². The lowest BCUT2D eigenvalue weighted by molar-refractivity contribution is -0.0327. The predicted molar refractivity (Wildman–Crippen MR) is 81.0 cm³/mol. The normalized spacial score (nSPS) is 21.5. The van der Waals surface area contributed by atoms with E-state index in [0.717, 1.165) is 18.4 Å². The fourth-order valence-electron chi connectivity index (χ4n) is 2.61. The zero-order valence-electron chi connectivity index (χ0n) is 13.0. The smallest absolute Gasteiger partial charge is 0.238 e. The van der Waals surface area contributed by atoms with Crippen LogP contribution in [0.4, 0.5) is 0 Å². The molecule has 1 unspecified atom stereocenters. The van der Waals surface area contributed by atoms with Gasteiger partial charge >= 0.3 is 0 Å². The van der Waals surface area contributed by atoms with E-state index in [0.29, 0.717) is 17.9 Å². The second kappa shape index (κ2) is 5.59. The Morgan fingerprint density at radius 3 is 2.52 bits per heavy atom. The van der Waals surface area contributed by atoms with Crippen LogP contribution in [0.25, 0.3) is 0 Å². The first kappa shape index (κ1) is 16.3. The van der Waals surface area contributed by atoms with Gasteiger partial charge in [-0.05, 0) is 63.8 Å². The van der Waals surface area contributed by atoms with Gasteiger partial charge in [-0.25, -0.2) is 13.6 Å². The third kappa shape index (κ3) is 3.75. The molecule has 0 spiro atoms. The van der Waals surface area contributed by atoms with Crippen molar-refractivity contribution >= 4 is 10.0 Å². The van der Waals surface area contributed by atoms with Crippen LogP contribution in [0.15, 0.2) is 17.0 Å². The fraction of sp³-hybridized carbons (Fsp3) is 0.600. The molecule has 1 aliphatic heterocycles. The van der Waals surface area contributed by atoms with Crippen LogP contribution in [0.1, 0.15) is 37.8 Å². The van der Waals surface area contributed by atoms with Crippen molar-refractivity contribution in [2.75, 3.05) is 6.61 Å². The number of sulfonamides is 1. The third-order valence-corrected chi connectivity index (χ3v) is 5.03. The highest BCUT2D eigenvalue weighted by Crippen LogP contribution is 2.31. The standard InChI is InChI=1S/C15H23NO4S/c1-10-11(2)14(21(16,17)18)6-5-13(10)19-9-12-7-8-15(3,4)20-12/h5-6,12H,7-9H2,1-4H3,(H2,16,17,18). The minimum absolute atomic E-state index is 0.0811. The van der Waals surface area contributed by atoms with Crippen molar-refractivity contribution in [3.63, 3.8) is 0 Å². The lowest BCUT2D eigenvalue weighted by Gasteiger charge is -2.20. The predicted octanol–water partition coefficient (Wildman–Crippen LogP) is 2.29. The van der Waals surface area contributed by atoms with Gasteiger partial charge in [0.2, 0.25) is 10.0 Å². The highest BCUT2D eigenvalue weighted by atomic mass is 32.2. The molecule has 5 nitrogen and oxygen atoms in total. The molecule has 1 fully saturated rings. The van der Waals surface area contributed by atoms with E-state index in [2.05, 4.69) is 13.8 Å². The highest BCUT2D eigenvalue weighted by Gasteiger charge is 2.32. The van der Waals surface area contributed by atoms with E-state index in [-0.39, 0.29) is 16.6 Å². The third-order valence-electron chi connectivity index (χ3n) is 3.97. The maximum atomic E-state index is 11.5. The summed E-state index contributed by atoms with van der Waals surface area (Å²) in [4.78, 5) is 0.144. The largest absolute Gasteiger partial charge is 0.491 e. The summed E-state index contributed by atoms with van der Waals surface area (Å²) in [5, 5.41) is 5.19. The Labute approximate surface area is 126 Å². The lowest BCUT2D eigenvalue weighted by atomic mass is 10.1. The molecule has 0 amide bonds. The van der Waals surface area contributed by atoms with E-state index >= 15 is 0 Å². The Hall–Kier alpha value is -1.11. The van der Waals surface area contributed by atoms with Crippen LogP contribution < -0.4 is 9.88 Å². The van der Waals surface area contributed by atoms with Gasteiger partial charge in [-0.3, -0.25) is 0 Å². The Bertz CT molecular complexity index is 637. The SMILES string of the molecule is Cc1c(OCC2CCC(C)(C)O2)ccc(S(N)(=O)=O)c1C. The zero-order chi connectivity index (χ0) is 15.8. The van der Waals surface area contributed by atoms with Crippen LogP contribution in [-0.2, 0) is 14.8 Å². The monoisotopic (exact) mass is 313 g/mol. The molecule has 21 heavy (non-hydrogen) atoms. The molecule has 1 saturated heterocycles. The quantitative estimate of drug-likeness (QED) is 0.925. The molecule has 1 aromatic rings. The molecule has 1 aromatic carbocycles. The molecule has 2 rings (SSSR count). The van der Waals surface area contributed by atoms with E-state index in [1.165, 1.54) is 6.07 Å². The number of hydrogen-bond donors (Lipinski definition) is 1. The first-order chi connectivity index (χ1) is 9.60. The summed E-state index contributed by atoms with van der Waals surface area (Å²) in [5.41, 5.74) is 1.33. The van der Waals surface area contributed by atoms with E-state index in [1.54, 1.807) is 13.0 Å². The van der Waals surface area contributed by atoms with Crippen molar-refractivity contribution in [2.45, 2.75) is 57.1 Å². The molecule has 1 heterocycles. The summed E-state index contributed by atoms with van der Waals surface area (Å²) >= 11 is 0. The van der Waals surface area contributed by atoms with Gasteiger partial charge in [0.05, 0.1) is 16.6 Å². The average molecular weight is 313 g/mol. The summed E-state index contributed by atoms with van der Waals surface area (Å²) in [6.07, 6.45) is 2.07. The summed E-state index contributed by atoms with van der Waals surface area (Å²) in [7, 11) is -3.70. The average Bonchev–Trinajstić information content (AvgIpc) is 2.69. The summed E-state index contributed by atoms with van der Waals surface area (Å²) in [6.45, 7) is 8.18. The second-order valence-corrected chi connectivity index (χ2v) is 7.74. The molecule has 118 valence electrons. The van der Waals surface area contributed by atoms with Crippen molar-refractivity contribution in [3.05, 3.63) is 23.3 Å². The second-order valence-electron chi connectivity index (χ2n) is 6.21. The first-order valence-electron chi connectivity index (χ1n) is 7.04. The van der Waals surface area contributed by atoms with Crippen molar-refractivity contribution in [1.29, 1.82) is 0 Å². The molecule has 6 heteroatoms. The number of rotatable bonds is 4. The maximum Gasteiger partial charge on any atom is 0.238 e. The molecule has 1 atom stereocenters. The van der Waals surface area contributed by atoms with Crippen molar-refractivity contribution in [3.8, 4) is 5.75 Å². The molecule has 2 N–H and O–H groups in total. The minimum atomic E-state index is -3.70. The van der Waals surface area contributed by atoms with Gasteiger partial charge in [0, 0.05) is 0 Å². The number of nitrogens with two attached hydrogens (primary N) is 1. The minimum Gasteiger partial charge on any atom is -0.491 e. The van der Waals surface area contributed by atoms with Crippen LogP contribution >= 0.6 is 0 Å². The molecule has 0 aromatic heterocycles. The van der Waals surface area contributed by atoms with E-state index in [1.807, 2.05) is 6.92 Å².